The quantitative estimate of drug-likeness (QED) is 0.631. The SMILES string of the molecule is CCCCOCCNCc1ccc(S(=O)(=O)NC)o1. The summed E-state index contributed by atoms with van der Waals surface area (Å²) in [6.45, 7) is 4.73. The zero-order chi connectivity index (χ0) is 14.1. The molecule has 0 aromatic carbocycles. The fourth-order valence-electron chi connectivity index (χ4n) is 1.40. The lowest BCUT2D eigenvalue weighted by molar-refractivity contribution is 0.132. The molecule has 0 fully saturated rings. The van der Waals surface area contributed by atoms with Crippen LogP contribution < -0.4 is 10.0 Å². The number of hydrogen-bond acceptors (Lipinski definition) is 5. The molecule has 0 radical (unpaired) electrons. The molecule has 0 amide bonds. The maximum absolute atomic E-state index is 11.4. The Hall–Kier alpha value is -0.890. The molecule has 6 nitrogen and oxygen atoms in total. The Bertz CT molecular complexity index is 456. The lowest BCUT2D eigenvalue weighted by Crippen LogP contribution is -2.19. The van der Waals surface area contributed by atoms with Gasteiger partial charge in [0.15, 0.2) is 0 Å². The van der Waals surface area contributed by atoms with Gasteiger partial charge in [-0.2, -0.15) is 0 Å². The second-order valence-corrected chi connectivity index (χ2v) is 5.89. The van der Waals surface area contributed by atoms with Crippen molar-refractivity contribution >= 4 is 10.0 Å². The molecule has 0 atom stereocenters. The summed E-state index contributed by atoms with van der Waals surface area (Å²) >= 11 is 0. The standard InChI is InChI=1S/C12H22N2O4S/c1-3-4-8-17-9-7-14-10-11-5-6-12(18-11)19(15,16)13-2/h5-6,13-14H,3-4,7-10H2,1-2H3. The third-order valence-corrected chi connectivity index (χ3v) is 3.82. The number of rotatable bonds is 10. The summed E-state index contributed by atoms with van der Waals surface area (Å²) in [5.41, 5.74) is 0. The average molecular weight is 290 g/mol. The van der Waals surface area contributed by atoms with Crippen LogP contribution in [-0.4, -0.2) is 35.2 Å². The predicted octanol–water partition coefficient (Wildman–Crippen LogP) is 1.09. The van der Waals surface area contributed by atoms with Crippen LogP contribution >= 0.6 is 0 Å². The zero-order valence-corrected chi connectivity index (χ0v) is 12.3. The molecule has 2 N–H and O–H groups in total. The molecule has 1 aromatic heterocycles. The summed E-state index contributed by atoms with van der Waals surface area (Å²) < 4.78 is 35.7. The minimum Gasteiger partial charge on any atom is -0.447 e. The van der Waals surface area contributed by atoms with Gasteiger partial charge in [-0.3, -0.25) is 0 Å². The van der Waals surface area contributed by atoms with E-state index in [-0.39, 0.29) is 5.09 Å². The second-order valence-electron chi connectivity index (χ2n) is 4.07. The van der Waals surface area contributed by atoms with Gasteiger partial charge in [-0.1, -0.05) is 13.3 Å². The maximum Gasteiger partial charge on any atom is 0.273 e. The first-order chi connectivity index (χ1) is 9.10. The van der Waals surface area contributed by atoms with Gasteiger partial charge in [0.05, 0.1) is 13.2 Å². The molecule has 1 rings (SSSR count). The van der Waals surface area contributed by atoms with Gasteiger partial charge in [0.2, 0.25) is 5.09 Å². The van der Waals surface area contributed by atoms with Crippen molar-refractivity contribution in [3.8, 4) is 0 Å². The third kappa shape index (κ3) is 5.73. The fraction of sp³-hybridized carbons (Fsp3) is 0.667. The van der Waals surface area contributed by atoms with Gasteiger partial charge < -0.3 is 14.5 Å². The van der Waals surface area contributed by atoms with Gasteiger partial charge in [0.1, 0.15) is 5.76 Å². The van der Waals surface area contributed by atoms with E-state index in [0.717, 1.165) is 19.4 Å². The van der Waals surface area contributed by atoms with Gasteiger partial charge in [-0.05, 0) is 25.6 Å². The van der Waals surface area contributed by atoms with Crippen molar-refractivity contribution < 1.29 is 17.6 Å². The monoisotopic (exact) mass is 290 g/mol. The topological polar surface area (TPSA) is 80.6 Å². The molecule has 0 saturated heterocycles. The van der Waals surface area contributed by atoms with Crippen LogP contribution in [0.25, 0.3) is 0 Å². The van der Waals surface area contributed by atoms with Crippen LogP contribution in [0, 0.1) is 0 Å². The molecule has 0 aliphatic carbocycles. The van der Waals surface area contributed by atoms with E-state index < -0.39 is 10.0 Å². The number of hydrogen-bond donors (Lipinski definition) is 2. The average Bonchev–Trinajstić information content (AvgIpc) is 2.87. The van der Waals surface area contributed by atoms with Gasteiger partial charge in [0.25, 0.3) is 10.0 Å². The number of unbranched alkanes of at least 4 members (excludes halogenated alkanes) is 1. The van der Waals surface area contributed by atoms with Crippen LogP contribution in [0.4, 0.5) is 0 Å². The summed E-state index contributed by atoms with van der Waals surface area (Å²) in [5.74, 6) is 0.586. The summed E-state index contributed by atoms with van der Waals surface area (Å²) in [7, 11) is -2.14. The third-order valence-electron chi connectivity index (χ3n) is 2.54. The van der Waals surface area contributed by atoms with E-state index in [1.807, 2.05) is 0 Å². The number of sulfonamides is 1. The lowest BCUT2D eigenvalue weighted by atomic mass is 10.4. The van der Waals surface area contributed by atoms with Gasteiger partial charge in [-0.15, -0.1) is 0 Å². The first kappa shape index (κ1) is 16.2. The highest BCUT2D eigenvalue weighted by molar-refractivity contribution is 7.89. The molecule has 0 bridgehead atoms. The van der Waals surface area contributed by atoms with Crippen LogP contribution in [-0.2, 0) is 21.3 Å². The Balaban J connectivity index is 2.24. The molecule has 0 spiro atoms. The first-order valence-electron chi connectivity index (χ1n) is 6.41. The van der Waals surface area contributed by atoms with Crippen molar-refractivity contribution in [2.24, 2.45) is 0 Å². The van der Waals surface area contributed by atoms with Gasteiger partial charge in [0, 0.05) is 13.2 Å². The molecule has 0 aliphatic rings. The Labute approximate surface area is 114 Å². The van der Waals surface area contributed by atoms with E-state index in [1.165, 1.54) is 13.1 Å². The van der Waals surface area contributed by atoms with E-state index in [2.05, 4.69) is 17.0 Å². The highest BCUT2D eigenvalue weighted by Crippen LogP contribution is 2.12. The summed E-state index contributed by atoms with van der Waals surface area (Å²) in [6.07, 6.45) is 2.20. The maximum atomic E-state index is 11.4. The van der Waals surface area contributed by atoms with Crippen molar-refractivity contribution in [2.75, 3.05) is 26.8 Å². The minimum absolute atomic E-state index is 0.0639. The second kappa shape index (κ2) is 8.31. The van der Waals surface area contributed by atoms with Crippen molar-refractivity contribution in [3.63, 3.8) is 0 Å². The summed E-state index contributed by atoms with van der Waals surface area (Å²) in [5, 5.41) is 3.06. The molecule has 0 aliphatic heterocycles. The van der Waals surface area contributed by atoms with Crippen molar-refractivity contribution in [3.05, 3.63) is 17.9 Å². The number of nitrogens with one attached hydrogen (secondary N) is 2. The molecule has 1 heterocycles. The highest BCUT2D eigenvalue weighted by atomic mass is 32.2. The minimum atomic E-state index is -3.49. The molecule has 1 aromatic rings. The van der Waals surface area contributed by atoms with E-state index in [9.17, 15) is 8.42 Å². The molecule has 0 saturated carbocycles. The molecular weight excluding hydrogens is 268 g/mol. The Kier molecular flexibility index (Phi) is 7.07. The Morgan fingerprint density at radius 1 is 1.32 bits per heavy atom. The zero-order valence-electron chi connectivity index (χ0n) is 11.4. The van der Waals surface area contributed by atoms with E-state index >= 15 is 0 Å². The molecular formula is C12H22N2O4S. The van der Waals surface area contributed by atoms with E-state index in [0.29, 0.717) is 25.5 Å². The van der Waals surface area contributed by atoms with Crippen molar-refractivity contribution in [2.45, 2.75) is 31.4 Å². The predicted molar refractivity (Wildman–Crippen MR) is 72.4 cm³/mol. The molecule has 110 valence electrons. The number of furan rings is 1. The fourth-order valence-corrected chi connectivity index (χ4v) is 2.07. The van der Waals surface area contributed by atoms with Crippen molar-refractivity contribution in [1.82, 2.24) is 10.0 Å². The smallest absolute Gasteiger partial charge is 0.273 e. The van der Waals surface area contributed by atoms with Gasteiger partial charge >= 0.3 is 0 Å². The van der Waals surface area contributed by atoms with Crippen molar-refractivity contribution in [1.29, 1.82) is 0 Å². The Morgan fingerprint density at radius 2 is 2.11 bits per heavy atom. The van der Waals surface area contributed by atoms with Crippen LogP contribution in [0.5, 0.6) is 0 Å². The summed E-state index contributed by atoms with van der Waals surface area (Å²) in [4.78, 5) is 0. The highest BCUT2D eigenvalue weighted by Gasteiger charge is 2.15. The number of ether oxygens (including phenoxy) is 1. The van der Waals surface area contributed by atoms with Crippen LogP contribution in [0.3, 0.4) is 0 Å². The largest absolute Gasteiger partial charge is 0.447 e. The van der Waals surface area contributed by atoms with Crippen LogP contribution in [0.1, 0.15) is 25.5 Å². The lowest BCUT2D eigenvalue weighted by Gasteiger charge is -2.04. The Morgan fingerprint density at radius 3 is 2.79 bits per heavy atom. The van der Waals surface area contributed by atoms with Crippen LogP contribution in [0.2, 0.25) is 0 Å². The normalized spacial score (nSPS) is 11.9. The molecule has 7 heteroatoms. The van der Waals surface area contributed by atoms with E-state index in [4.69, 9.17) is 9.15 Å². The van der Waals surface area contributed by atoms with Gasteiger partial charge in [-0.25, -0.2) is 13.1 Å². The molecule has 19 heavy (non-hydrogen) atoms. The first-order valence-corrected chi connectivity index (χ1v) is 7.89. The molecule has 0 unspecified atom stereocenters. The van der Waals surface area contributed by atoms with E-state index in [1.54, 1.807) is 6.07 Å². The van der Waals surface area contributed by atoms with Crippen LogP contribution in [0.15, 0.2) is 21.6 Å². The summed E-state index contributed by atoms with van der Waals surface area (Å²) in [6, 6.07) is 3.09.